The normalized spacial score (nSPS) is 11.4. The van der Waals surface area contributed by atoms with Gasteiger partial charge in [-0.15, -0.1) is 0 Å². The molecule has 0 rings (SSSR count). The van der Waals surface area contributed by atoms with Crippen LogP contribution in [0.2, 0.25) is 0 Å². The van der Waals surface area contributed by atoms with Gasteiger partial charge in [-0.05, 0) is 26.2 Å². The molecule has 0 radical (unpaired) electrons. The number of amides is 1. The van der Waals surface area contributed by atoms with Gasteiger partial charge in [0.25, 0.3) is 0 Å². The first-order valence-electron chi connectivity index (χ1n) is 5.00. The highest BCUT2D eigenvalue weighted by atomic mass is 16.3. The molecule has 3 heteroatoms. The van der Waals surface area contributed by atoms with Crippen LogP contribution in [-0.4, -0.2) is 23.2 Å². The van der Waals surface area contributed by atoms with Crippen molar-refractivity contribution in [1.29, 1.82) is 0 Å². The maximum absolute atomic E-state index is 11.3. The molecule has 0 saturated carbocycles. The lowest BCUT2D eigenvalue weighted by Gasteiger charge is -2.28. The largest absolute Gasteiger partial charge is 0.396 e. The summed E-state index contributed by atoms with van der Waals surface area (Å²) in [5.74, 6) is 0.0419. The Labute approximate surface area is 80.5 Å². The average molecular weight is 187 g/mol. The molecule has 0 atom stereocenters. The quantitative estimate of drug-likeness (QED) is 0.661. The number of aliphatic hydroxyl groups excluding tert-OH is 1. The van der Waals surface area contributed by atoms with Crippen molar-refractivity contribution in [3.05, 3.63) is 0 Å². The molecule has 0 aromatic carbocycles. The molecule has 0 bridgehead atoms. The van der Waals surface area contributed by atoms with E-state index in [9.17, 15) is 4.79 Å². The van der Waals surface area contributed by atoms with Gasteiger partial charge >= 0.3 is 0 Å². The van der Waals surface area contributed by atoms with E-state index >= 15 is 0 Å². The van der Waals surface area contributed by atoms with E-state index in [0.29, 0.717) is 12.8 Å². The molecule has 0 saturated heterocycles. The summed E-state index contributed by atoms with van der Waals surface area (Å²) in [6.45, 7) is 6.26. The molecular formula is C10H21NO2. The van der Waals surface area contributed by atoms with Gasteiger partial charge in [0.05, 0.1) is 0 Å². The Morgan fingerprint density at radius 1 is 1.38 bits per heavy atom. The van der Waals surface area contributed by atoms with Gasteiger partial charge in [-0.2, -0.15) is 0 Å². The van der Waals surface area contributed by atoms with Crippen molar-refractivity contribution in [1.82, 2.24) is 5.32 Å². The van der Waals surface area contributed by atoms with Gasteiger partial charge in [-0.1, -0.05) is 13.8 Å². The third-order valence-corrected chi connectivity index (χ3v) is 2.56. The lowest BCUT2D eigenvalue weighted by atomic mass is 9.95. The van der Waals surface area contributed by atoms with Gasteiger partial charge in [0.15, 0.2) is 0 Å². The SMILES string of the molecule is CCC(C)(CC)NC(=O)CCCO. The molecular weight excluding hydrogens is 166 g/mol. The Balaban J connectivity index is 3.87. The van der Waals surface area contributed by atoms with Crippen molar-refractivity contribution < 1.29 is 9.90 Å². The molecule has 13 heavy (non-hydrogen) atoms. The molecule has 0 aliphatic rings. The van der Waals surface area contributed by atoms with Crippen LogP contribution >= 0.6 is 0 Å². The number of nitrogens with one attached hydrogen (secondary N) is 1. The molecule has 0 unspecified atom stereocenters. The summed E-state index contributed by atoms with van der Waals surface area (Å²) in [5.41, 5.74) is -0.0768. The van der Waals surface area contributed by atoms with Gasteiger partial charge < -0.3 is 10.4 Å². The van der Waals surface area contributed by atoms with Gasteiger partial charge in [0, 0.05) is 18.6 Å². The first-order valence-corrected chi connectivity index (χ1v) is 5.00. The number of carbonyl (C=O) groups excluding carboxylic acids is 1. The fourth-order valence-electron chi connectivity index (χ4n) is 1.07. The lowest BCUT2D eigenvalue weighted by molar-refractivity contribution is -0.123. The zero-order valence-electron chi connectivity index (χ0n) is 8.89. The van der Waals surface area contributed by atoms with Crippen LogP contribution < -0.4 is 5.32 Å². The van der Waals surface area contributed by atoms with E-state index in [-0.39, 0.29) is 18.1 Å². The smallest absolute Gasteiger partial charge is 0.220 e. The minimum absolute atomic E-state index is 0.0419. The average Bonchev–Trinajstić information content (AvgIpc) is 2.14. The topological polar surface area (TPSA) is 49.3 Å². The summed E-state index contributed by atoms with van der Waals surface area (Å²) < 4.78 is 0. The van der Waals surface area contributed by atoms with E-state index in [2.05, 4.69) is 19.2 Å². The van der Waals surface area contributed by atoms with E-state index in [0.717, 1.165) is 12.8 Å². The summed E-state index contributed by atoms with van der Waals surface area (Å²) in [7, 11) is 0. The molecule has 78 valence electrons. The van der Waals surface area contributed by atoms with E-state index in [4.69, 9.17) is 5.11 Å². The van der Waals surface area contributed by atoms with Gasteiger partial charge in [-0.25, -0.2) is 0 Å². The zero-order valence-corrected chi connectivity index (χ0v) is 8.89. The van der Waals surface area contributed by atoms with Crippen LogP contribution in [0.4, 0.5) is 0 Å². The van der Waals surface area contributed by atoms with Gasteiger partial charge in [0.2, 0.25) is 5.91 Å². The number of rotatable bonds is 6. The van der Waals surface area contributed by atoms with E-state index in [1.165, 1.54) is 0 Å². The molecule has 3 nitrogen and oxygen atoms in total. The second-order valence-corrected chi connectivity index (χ2v) is 3.64. The molecule has 1 amide bonds. The fourth-order valence-corrected chi connectivity index (χ4v) is 1.07. The minimum atomic E-state index is -0.0768. The van der Waals surface area contributed by atoms with E-state index < -0.39 is 0 Å². The second-order valence-electron chi connectivity index (χ2n) is 3.64. The molecule has 2 N–H and O–H groups in total. The van der Waals surface area contributed by atoms with Crippen molar-refractivity contribution in [3.63, 3.8) is 0 Å². The summed E-state index contributed by atoms with van der Waals surface area (Å²) in [5, 5.41) is 11.5. The number of aliphatic hydroxyl groups is 1. The second kappa shape index (κ2) is 5.97. The summed E-state index contributed by atoms with van der Waals surface area (Å²) in [6.07, 6.45) is 2.85. The van der Waals surface area contributed by atoms with Gasteiger partial charge in [0.1, 0.15) is 0 Å². The summed E-state index contributed by atoms with van der Waals surface area (Å²) >= 11 is 0. The van der Waals surface area contributed by atoms with Gasteiger partial charge in [-0.3, -0.25) is 4.79 Å². The van der Waals surface area contributed by atoms with Crippen LogP contribution in [0.25, 0.3) is 0 Å². The number of hydrogen-bond donors (Lipinski definition) is 2. The maximum Gasteiger partial charge on any atom is 0.220 e. The predicted molar refractivity (Wildman–Crippen MR) is 53.4 cm³/mol. The Bertz CT molecular complexity index is 153. The highest BCUT2D eigenvalue weighted by Gasteiger charge is 2.20. The van der Waals surface area contributed by atoms with Crippen LogP contribution in [0.5, 0.6) is 0 Å². The monoisotopic (exact) mass is 187 g/mol. The molecule has 0 fully saturated rings. The van der Waals surface area contributed by atoms with Crippen molar-refractivity contribution in [2.75, 3.05) is 6.61 Å². The Kier molecular flexibility index (Phi) is 5.71. The predicted octanol–water partition coefficient (Wildman–Crippen LogP) is 1.45. The zero-order chi connectivity index (χ0) is 10.3. The Hall–Kier alpha value is -0.570. The third-order valence-electron chi connectivity index (χ3n) is 2.56. The lowest BCUT2D eigenvalue weighted by Crippen LogP contribution is -2.44. The van der Waals surface area contributed by atoms with Crippen molar-refractivity contribution in [3.8, 4) is 0 Å². The Morgan fingerprint density at radius 2 is 1.92 bits per heavy atom. The molecule has 0 heterocycles. The first-order chi connectivity index (χ1) is 6.08. The first kappa shape index (κ1) is 12.4. The third kappa shape index (κ3) is 4.88. The summed E-state index contributed by atoms with van der Waals surface area (Å²) in [4.78, 5) is 11.3. The maximum atomic E-state index is 11.3. The molecule has 0 aromatic heterocycles. The molecule has 0 aliphatic carbocycles. The molecule has 0 aliphatic heterocycles. The van der Waals surface area contributed by atoms with Crippen molar-refractivity contribution in [2.24, 2.45) is 0 Å². The fraction of sp³-hybridized carbons (Fsp3) is 0.900. The van der Waals surface area contributed by atoms with Crippen LogP contribution in [0.1, 0.15) is 46.5 Å². The van der Waals surface area contributed by atoms with E-state index in [1.54, 1.807) is 0 Å². The number of hydrogen-bond acceptors (Lipinski definition) is 2. The molecule has 0 spiro atoms. The van der Waals surface area contributed by atoms with Crippen LogP contribution in [0.3, 0.4) is 0 Å². The van der Waals surface area contributed by atoms with Crippen LogP contribution in [0.15, 0.2) is 0 Å². The van der Waals surface area contributed by atoms with E-state index in [1.807, 2.05) is 6.92 Å². The standard InChI is InChI=1S/C10H21NO2/c1-4-10(3,5-2)11-9(13)7-6-8-12/h12H,4-8H2,1-3H3,(H,11,13). The minimum Gasteiger partial charge on any atom is -0.396 e. The highest BCUT2D eigenvalue weighted by Crippen LogP contribution is 2.13. The highest BCUT2D eigenvalue weighted by molar-refractivity contribution is 5.76. The van der Waals surface area contributed by atoms with Crippen molar-refractivity contribution in [2.45, 2.75) is 52.0 Å². The number of carbonyl (C=O) groups is 1. The van der Waals surface area contributed by atoms with Crippen LogP contribution in [-0.2, 0) is 4.79 Å². The Morgan fingerprint density at radius 3 is 2.31 bits per heavy atom. The molecule has 0 aromatic rings. The summed E-state index contributed by atoms with van der Waals surface area (Å²) in [6, 6.07) is 0. The van der Waals surface area contributed by atoms with Crippen LogP contribution in [0, 0.1) is 0 Å². The van der Waals surface area contributed by atoms with Crippen molar-refractivity contribution >= 4 is 5.91 Å².